The number of guanidine groups is 1. The van der Waals surface area contributed by atoms with Crippen molar-refractivity contribution in [3.63, 3.8) is 0 Å². The summed E-state index contributed by atoms with van der Waals surface area (Å²) in [5, 5.41) is 6.72. The van der Waals surface area contributed by atoms with Crippen LogP contribution in [0, 0.1) is 0 Å². The predicted molar refractivity (Wildman–Crippen MR) is 109 cm³/mol. The highest BCUT2D eigenvalue weighted by molar-refractivity contribution is 5.79. The van der Waals surface area contributed by atoms with E-state index in [0.29, 0.717) is 19.8 Å². The maximum absolute atomic E-state index is 5.76. The van der Waals surface area contributed by atoms with Crippen LogP contribution in [-0.4, -0.2) is 77.1 Å². The second kappa shape index (κ2) is 13.4. The number of aliphatic imine (C=N–C) groups is 1. The Hall–Kier alpha value is -1.83. The summed E-state index contributed by atoms with van der Waals surface area (Å²) < 4.78 is 16.2. The Balaban J connectivity index is 1.78. The van der Waals surface area contributed by atoms with Crippen molar-refractivity contribution in [2.45, 2.75) is 19.9 Å². The Morgan fingerprint density at radius 2 is 2.07 bits per heavy atom. The van der Waals surface area contributed by atoms with Crippen LogP contribution in [0.1, 0.15) is 18.9 Å². The molecule has 27 heavy (non-hydrogen) atoms. The summed E-state index contributed by atoms with van der Waals surface area (Å²) in [5.74, 6) is 1.72. The molecule has 1 aromatic carbocycles. The lowest BCUT2D eigenvalue weighted by Crippen LogP contribution is -2.44. The van der Waals surface area contributed by atoms with Gasteiger partial charge in [-0.2, -0.15) is 0 Å². The molecule has 0 aromatic heterocycles. The first-order chi connectivity index (χ1) is 13.3. The predicted octanol–water partition coefficient (Wildman–Crippen LogP) is 1.49. The number of hydrogen-bond acceptors (Lipinski definition) is 5. The maximum Gasteiger partial charge on any atom is 0.191 e. The average Bonchev–Trinajstić information content (AvgIpc) is 2.70. The SMILES string of the molecule is CCNC(=NCc1cccc(OCCCOC)c1)NCCN1CCOCC1. The number of nitrogens with zero attached hydrogens (tertiary/aromatic N) is 2. The smallest absolute Gasteiger partial charge is 0.191 e. The minimum atomic E-state index is 0.613. The second-order valence-corrected chi connectivity index (χ2v) is 6.42. The van der Waals surface area contributed by atoms with Crippen molar-refractivity contribution in [2.75, 3.05) is 66.3 Å². The van der Waals surface area contributed by atoms with Crippen molar-refractivity contribution in [1.82, 2.24) is 15.5 Å². The van der Waals surface area contributed by atoms with Crippen molar-refractivity contribution in [3.05, 3.63) is 29.8 Å². The molecule has 0 aliphatic carbocycles. The van der Waals surface area contributed by atoms with E-state index in [1.807, 2.05) is 18.2 Å². The molecule has 0 unspecified atom stereocenters. The summed E-state index contributed by atoms with van der Waals surface area (Å²) in [4.78, 5) is 7.10. The van der Waals surface area contributed by atoms with Crippen molar-refractivity contribution in [3.8, 4) is 5.75 Å². The Kier molecular flexibility index (Phi) is 10.6. The zero-order valence-electron chi connectivity index (χ0n) is 16.7. The van der Waals surface area contributed by atoms with E-state index in [1.54, 1.807) is 7.11 Å². The van der Waals surface area contributed by atoms with Crippen LogP contribution in [0.15, 0.2) is 29.3 Å². The lowest BCUT2D eigenvalue weighted by Gasteiger charge is -2.26. The zero-order valence-corrected chi connectivity index (χ0v) is 16.7. The van der Waals surface area contributed by atoms with Gasteiger partial charge in [-0.25, -0.2) is 4.99 Å². The first-order valence-corrected chi connectivity index (χ1v) is 9.84. The molecular weight excluding hydrogens is 344 g/mol. The third kappa shape index (κ3) is 9.08. The van der Waals surface area contributed by atoms with E-state index in [4.69, 9.17) is 19.2 Å². The van der Waals surface area contributed by atoms with E-state index in [0.717, 1.165) is 69.6 Å². The summed E-state index contributed by atoms with van der Waals surface area (Å²) in [5.41, 5.74) is 1.13. The van der Waals surface area contributed by atoms with Gasteiger partial charge in [0.05, 0.1) is 26.4 Å². The van der Waals surface area contributed by atoms with Crippen LogP contribution in [0.5, 0.6) is 5.75 Å². The van der Waals surface area contributed by atoms with Crippen molar-refractivity contribution in [1.29, 1.82) is 0 Å². The number of methoxy groups -OCH3 is 1. The summed E-state index contributed by atoms with van der Waals surface area (Å²) in [6.07, 6.45) is 0.885. The highest BCUT2D eigenvalue weighted by Crippen LogP contribution is 2.14. The van der Waals surface area contributed by atoms with E-state index >= 15 is 0 Å². The lowest BCUT2D eigenvalue weighted by atomic mass is 10.2. The first kappa shape index (κ1) is 21.5. The third-order valence-corrected chi connectivity index (χ3v) is 4.25. The van der Waals surface area contributed by atoms with Gasteiger partial charge >= 0.3 is 0 Å². The highest BCUT2D eigenvalue weighted by Gasteiger charge is 2.09. The molecule has 1 heterocycles. The molecular formula is C20H34N4O3. The topological polar surface area (TPSA) is 67.4 Å². The number of benzene rings is 1. The largest absolute Gasteiger partial charge is 0.493 e. The van der Waals surface area contributed by atoms with Crippen molar-refractivity contribution in [2.24, 2.45) is 4.99 Å². The second-order valence-electron chi connectivity index (χ2n) is 6.42. The molecule has 1 aliphatic heterocycles. The van der Waals surface area contributed by atoms with Crippen LogP contribution in [0.3, 0.4) is 0 Å². The Morgan fingerprint density at radius 1 is 1.22 bits per heavy atom. The van der Waals surface area contributed by atoms with Gasteiger partial charge in [-0.1, -0.05) is 12.1 Å². The van der Waals surface area contributed by atoms with Gasteiger partial charge in [0.2, 0.25) is 0 Å². The Bertz CT molecular complexity index is 548. The first-order valence-electron chi connectivity index (χ1n) is 9.84. The molecule has 152 valence electrons. The number of rotatable bonds is 11. The molecule has 0 amide bonds. The van der Waals surface area contributed by atoms with Gasteiger partial charge in [-0.3, -0.25) is 4.90 Å². The molecule has 2 N–H and O–H groups in total. The minimum absolute atomic E-state index is 0.613. The number of ether oxygens (including phenoxy) is 3. The quantitative estimate of drug-likeness (QED) is 0.345. The fourth-order valence-corrected chi connectivity index (χ4v) is 2.80. The summed E-state index contributed by atoms with van der Waals surface area (Å²) >= 11 is 0. The van der Waals surface area contributed by atoms with Gasteiger partial charge < -0.3 is 24.8 Å². The molecule has 0 spiro atoms. The van der Waals surface area contributed by atoms with E-state index < -0.39 is 0 Å². The summed E-state index contributed by atoms with van der Waals surface area (Å²) in [6.45, 7) is 10.4. The fourth-order valence-electron chi connectivity index (χ4n) is 2.80. The zero-order chi connectivity index (χ0) is 19.2. The Labute approximate surface area is 163 Å². The molecule has 7 nitrogen and oxygen atoms in total. The minimum Gasteiger partial charge on any atom is -0.493 e. The number of morpholine rings is 1. The van der Waals surface area contributed by atoms with Crippen molar-refractivity contribution >= 4 is 5.96 Å². The highest BCUT2D eigenvalue weighted by atomic mass is 16.5. The van der Waals surface area contributed by atoms with Crippen LogP contribution in [0.25, 0.3) is 0 Å². The van der Waals surface area contributed by atoms with Crippen LogP contribution < -0.4 is 15.4 Å². The lowest BCUT2D eigenvalue weighted by molar-refractivity contribution is 0.0389. The molecule has 1 fully saturated rings. The molecule has 1 aliphatic rings. The molecule has 1 saturated heterocycles. The van der Waals surface area contributed by atoms with Gasteiger partial charge in [0.1, 0.15) is 5.75 Å². The standard InChI is InChI=1S/C20H34N4O3/c1-3-21-20(22-8-9-24-10-14-26-15-11-24)23-17-18-6-4-7-19(16-18)27-13-5-12-25-2/h4,6-7,16H,3,5,8-15,17H2,1-2H3,(H2,21,22,23). The van der Waals surface area contributed by atoms with E-state index in [2.05, 4.69) is 28.5 Å². The van der Waals surface area contributed by atoms with Gasteiger partial charge in [0.25, 0.3) is 0 Å². The van der Waals surface area contributed by atoms with Gasteiger partial charge in [-0.05, 0) is 24.6 Å². The van der Waals surface area contributed by atoms with Gasteiger partial charge in [0, 0.05) is 52.9 Å². The number of hydrogen-bond donors (Lipinski definition) is 2. The van der Waals surface area contributed by atoms with Gasteiger partial charge in [0.15, 0.2) is 5.96 Å². The molecule has 0 radical (unpaired) electrons. The molecule has 0 saturated carbocycles. The van der Waals surface area contributed by atoms with Crippen molar-refractivity contribution < 1.29 is 14.2 Å². The molecule has 0 bridgehead atoms. The Morgan fingerprint density at radius 3 is 2.85 bits per heavy atom. The van der Waals surface area contributed by atoms with Gasteiger partial charge in [-0.15, -0.1) is 0 Å². The third-order valence-electron chi connectivity index (χ3n) is 4.25. The molecule has 2 rings (SSSR count). The molecule has 0 atom stereocenters. The fraction of sp³-hybridized carbons (Fsp3) is 0.650. The maximum atomic E-state index is 5.76. The normalized spacial score (nSPS) is 15.6. The van der Waals surface area contributed by atoms with Crippen LogP contribution in [-0.2, 0) is 16.0 Å². The molecule has 7 heteroatoms. The van der Waals surface area contributed by atoms with Crippen LogP contribution >= 0.6 is 0 Å². The summed E-state index contributed by atoms with van der Waals surface area (Å²) in [7, 11) is 1.70. The van der Waals surface area contributed by atoms with E-state index in [9.17, 15) is 0 Å². The van der Waals surface area contributed by atoms with E-state index in [1.165, 1.54) is 0 Å². The number of nitrogens with one attached hydrogen (secondary N) is 2. The summed E-state index contributed by atoms with van der Waals surface area (Å²) in [6, 6.07) is 8.11. The van der Waals surface area contributed by atoms with Crippen LogP contribution in [0.2, 0.25) is 0 Å². The average molecular weight is 379 g/mol. The monoisotopic (exact) mass is 378 g/mol. The van der Waals surface area contributed by atoms with E-state index in [-0.39, 0.29) is 0 Å². The molecule has 1 aromatic rings. The van der Waals surface area contributed by atoms with Crippen LogP contribution in [0.4, 0.5) is 0 Å².